The van der Waals surface area contributed by atoms with Gasteiger partial charge in [0, 0.05) is 32.7 Å². The summed E-state index contributed by atoms with van der Waals surface area (Å²) in [4.78, 5) is 4.62. The molecular formula is C17H28N2O2. The molecule has 0 radical (unpaired) electrons. The number of benzene rings is 1. The third kappa shape index (κ3) is 6.14. The maximum absolute atomic E-state index is 10.3. The van der Waals surface area contributed by atoms with Crippen LogP contribution < -0.4 is 0 Å². The van der Waals surface area contributed by atoms with Gasteiger partial charge in [0.1, 0.15) is 0 Å². The van der Waals surface area contributed by atoms with E-state index in [2.05, 4.69) is 41.0 Å². The summed E-state index contributed by atoms with van der Waals surface area (Å²) in [5.74, 6) is 0. The molecule has 1 aliphatic rings. The van der Waals surface area contributed by atoms with Gasteiger partial charge in [0.25, 0.3) is 0 Å². The van der Waals surface area contributed by atoms with Crippen LogP contribution in [0, 0.1) is 0 Å². The van der Waals surface area contributed by atoms with Crippen LogP contribution in [0.3, 0.4) is 0 Å². The SMILES string of the molecule is CCN(CCc1ccccc1)CC(O)CN1CCOCC1. The lowest BCUT2D eigenvalue weighted by Gasteiger charge is -2.30. The van der Waals surface area contributed by atoms with E-state index in [1.807, 2.05) is 6.07 Å². The molecule has 1 heterocycles. The zero-order valence-electron chi connectivity index (χ0n) is 13.1. The van der Waals surface area contributed by atoms with Gasteiger partial charge in [-0.25, -0.2) is 0 Å². The van der Waals surface area contributed by atoms with E-state index in [0.717, 1.165) is 58.9 Å². The highest BCUT2D eigenvalue weighted by molar-refractivity contribution is 5.14. The zero-order chi connectivity index (χ0) is 14.9. The Morgan fingerprint density at radius 3 is 2.62 bits per heavy atom. The van der Waals surface area contributed by atoms with Gasteiger partial charge < -0.3 is 14.7 Å². The van der Waals surface area contributed by atoms with Crippen LogP contribution in [0.4, 0.5) is 0 Å². The number of ether oxygens (including phenoxy) is 1. The van der Waals surface area contributed by atoms with Crippen molar-refractivity contribution in [3.63, 3.8) is 0 Å². The molecule has 0 aliphatic carbocycles. The van der Waals surface area contributed by atoms with Gasteiger partial charge in [0.05, 0.1) is 19.3 Å². The molecule has 1 atom stereocenters. The number of nitrogens with zero attached hydrogens (tertiary/aromatic N) is 2. The predicted octanol–water partition coefficient (Wildman–Crippen LogP) is 1.24. The largest absolute Gasteiger partial charge is 0.390 e. The van der Waals surface area contributed by atoms with Crippen LogP contribution >= 0.6 is 0 Å². The van der Waals surface area contributed by atoms with E-state index in [4.69, 9.17) is 4.74 Å². The predicted molar refractivity (Wildman–Crippen MR) is 85.5 cm³/mol. The van der Waals surface area contributed by atoms with Crippen LogP contribution in [0.25, 0.3) is 0 Å². The quantitative estimate of drug-likeness (QED) is 0.782. The first-order valence-electron chi connectivity index (χ1n) is 8.02. The van der Waals surface area contributed by atoms with Crippen molar-refractivity contribution >= 4 is 0 Å². The number of aliphatic hydroxyl groups excluding tert-OH is 1. The highest BCUT2D eigenvalue weighted by Gasteiger charge is 2.16. The minimum absolute atomic E-state index is 0.279. The zero-order valence-corrected chi connectivity index (χ0v) is 13.1. The van der Waals surface area contributed by atoms with Crippen molar-refractivity contribution in [2.45, 2.75) is 19.4 Å². The summed E-state index contributed by atoms with van der Waals surface area (Å²) in [5.41, 5.74) is 1.36. The summed E-state index contributed by atoms with van der Waals surface area (Å²) >= 11 is 0. The lowest BCUT2D eigenvalue weighted by atomic mass is 10.1. The molecule has 2 rings (SSSR count). The summed E-state index contributed by atoms with van der Waals surface area (Å²) in [6.07, 6.45) is 0.762. The molecule has 0 bridgehead atoms. The van der Waals surface area contributed by atoms with E-state index < -0.39 is 0 Å². The van der Waals surface area contributed by atoms with Crippen molar-refractivity contribution in [2.75, 3.05) is 52.5 Å². The topological polar surface area (TPSA) is 35.9 Å². The molecule has 118 valence electrons. The van der Waals surface area contributed by atoms with Gasteiger partial charge in [0.15, 0.2) is 0 Å². The van der Waals surface area contributed by atoms with Gasteiger partial charge >= 0.3 is 0 Å². The summed E-state index contributed by atoms with van der Waals surface area (Å²) in [7, 11) is 0. The molecule has 1 fully saturated rings. The van der Waals surface area contributed by atoms with Crippen LogP contribution in [0.1, 0.15) is 12.5 Å². The highest BCUT2D eigenvalue weighted by atomic mass is 16.5. The van der Waals surface area contributed by atoms with Crippen LogP contribution in [-0.2, 0) is 11.2 Å². The van der Waals surface area contributed by atoms with E-state index in [-0.39, 0.29) is 6.10 Å². The Kier molecular flexibility index (Phi) is 7.16. The molecule has 1 aromatic carbocycles. The molecule has 0 aromatic heterocycles. The highest BCUT2D eigenvalue weighted by Crippen LogP contribution is 2.04. The monoisotopic (exact) mass is 292 g/mol. The molecule has 0 amide bonds. The summed E-state index contributed by atoms with van der Waals surface area (Å²) in [6, 6.07) is 10.5. The standard InChI is InChI=1S/C17H28N2O2/c1-2-18(9-8-16-6-4-3-5-7-16)14-17(20)15-19-10-12-21-13-11-19/h3-7,17,20H,2,8-15H2,1H3. The summed E-state index contributed by atoms with van der Waals surface area (Å²) in [5, 5.41) is 10.3. The Morgan fingerprint density at radius 2 is 1.95 bits per heavy atom. The number of likely N-dealkylation sites (N-methyl/N-ethyl adjacent to an activating group) is 1. The van der Waals surface area contributed by atoms with Gasteiger partial charge in [-0.05, 0) is 18.5 Å². The first-order valence-corrected chi connectivity index (χ1v) is 8.02. The van der Waals surface area contributed by atoms with E-state index in [1.165, 1.54) is 5.56 Å². The van der Waals surface area contributed by atoms with Gasteiger partial charge in [-0.1, -0.05) is 37.3 Å². The van der Waals surface area contributed by atoms with Gasteiger partial charge in [-0.2, -0.15) is 0 Å². The summed E-state index contributed by atoms with van der Waals surface area (Å²) < 4.78 is 5.34. The second-order valence-electron chi connectivity index (χ2n) is 5.70. The molecule has 1 unspecified atom stereocenters. The molecule has 0 saturated carbocycles. The Morgan fingerprint density at radius 1 is 1.24 bits per heavy atom. The number of β-amino-alcohol motifs (C(OH)–C–C–N with tert-alkyl or cyclic N) is 1. The lowest BCUT2D eigenvalue weighted by Crippen LogP contribution is -2.45. The molecule has 0 spiro atoms. The van der Waals surface area contributed by atoms with Crippen molar-refractivity contribution < 1.29 is 9.84 Å². The summed E-state index contributed by atoms with van der Waals surface area (Å²) in [6.45, 7) is 9.10. The van der Waals surface area contributed by atoms with Crippen LogP contribution in [-0.4, -0.2) is 73.5 Å². The van der Waals surface area contributed by atoms with Crippen LogP contribution in [0.15, 0.2) is 30.3 Å². The molecule has 21 heavy (non-hydrogen) atoms. The Balaban J connectivity index is 1.70. The average Bonchev–Trinajstić information content (AvgIpc) is 2.53. The van der Waals surface area contributed by atoms with Crippen LogP contribution in [0.2, 0.25) is 0 Å². The van der Waals surface area contributed by atoms with Crippen molar-refractivity contribution in [3.8, 4) is 0 Å². The number of aliphatic hydroxyl groups is 1. The first kappa shape index (κ1) is 16.4. The van der Waals surface area contributed by atoms with E-state index >= 15 is 0 Å². The third-order valence-electron chi connectivity index (χ3n) is 4.05. The van der Waals surface area contributed by atoms with Gasteiger partial charge in [0.2, 0.25) is 0 Å². The molecule has 1 aliphatic heterocycles. The number of hydrogen-bond acceptors (Lipinski definition) is 4. The smallest absolute Gasteiger partial charge is 0.0793 e. The minimum Gasteiger partial charge on any atom is -0.390 e. The fourth-order valence-corrected chi connectivity index (χ4v) is 2.75. The number of morpholine rings is 1. The Hall–Kier alpha value is -0.940. The second kappa shape index (κ2) is 9.15. The van der Waals surface area contributed by atoms with Crippen LogP contribution in [0.5, 0.6) is 0 Å². The lowest BCUT2D eigenvalue weighted by molar-refractivity contribution is 0.00736. The molecule has 1 aromatic rings. The number of rotatable bonds is 8. The molecule has 4 heteroatoms. The van der Waals surface area contributed by atoms with Crippen molar-refractivity contribution in [2.24, 2.45) is 0 Å². The Labute approximate surface area is 128 Å². The first-order chi connectivity index (χ1) is 10.3. The average molecular weight is 292 g/mol. The van der Waals surface area contributed by atoms with E-state index in [0.29, 0.717) is 0 Å². The Bertz CT molecular complexity index is 380. The normalized spacial score (nSPS) is 18.0. The molecule has 1 N–H and O–H groups in total. The maximum Gasteiger partial charge on any atom is 0.0793 e. The molecule has 1 saturated heterocycles. The van der Waals surface area contributed by atoms with Crippen molar-refractivity contribution in [3.05, 3.63) is 35.9 Å². The van der Waals surface area contributed by atoms with Gasteiger partial charge in [-0.15, -0.1) is 0 Å². The van der Waals surface area contributed by atoms with Crippen molar-refractivity contribution in [1.82, 2.24) is 9.80 Å². The second-order valence-corrected chi connectivity index (χ2v) is 5.70. The number of hydrogen-bond donors (Lipinski definition) is 1. The fourth-order valence-electron chi connectivity index (χ4n) is 2.75. The van der Waals surface area contributed by atoms with E-state index in [1.54, 1.807) is 0 Å². The molecule has 4 nitrogen and oxygen atoms in total. The minimum atomic E-state index is -0.279. The van der Waals surface area contributed by atoms with Crippen molar-refractivity contribution in [1.29, 1.82) is 0 Å². The maximum atomic E-state index is 10.3. The molecular weight excluding hydrogens is 264 g/mol. The fraction of sp³-hybridized carbons (Fsp3) is 0.647. The van der Waals surface area contributed by atoms with E-state index in [9.17, 15) is 5.11 Å². The third-order valence-corrected chi connectivity index (χ3v) is 4.05. The van der Waals surface area contributed by atoms with Gasteiger partial charge in [-0.3, -0.25) is 4.90 Å².